The third kappa shape index (κ3) is 3.79. The molecular formula is C12H9BrN2O3S3. The summed E-state index contributed by atoms with van der Waals surface area (Å²) in [5, 5.41) is 9.31. The van der Waals surface area contributed by atoms with Crippen LogP contribution in [0.25, 0.3) is 11.5 Å². The fraction of sp³-hybridized carbons (Fsp3) is 0.167. The van der Waals surface area contributed by atoms with Gasteiger partial charge in [-0.25, -0.2) is 8.42 Å². The maximum Gasteiger partial charge on any atom is 0.258 e. The van der Waals surface area contributed by atoms with Crippen LogP contribution in [-0.2, 0) is 21.3 Å². The summed E-state index contributed by atoms with van der Waals surface area (Å²) in [6.07, 6.45) is 0. The zero-order valence-corrected chi connectivity index (χ0v) is 14.6. The predicted octanol–water partition coefficient (Wildman–Crippen LogP) is 3.74. The molecule has 110 valence electrons. The number of nitrogens with zero attached hydrogens (tertiary/aromatic N) is 2. The lowest BCUT2D eigenvalue weighted by molar-refractivity contribution is 0.424. The van der Waals surface area contributed by atoms with E-state index < -0.39 is 9.84 Å². The fourth-order valence-electron chi connectivity index (χ4n) is 1.74. The van der Waals surface area contributed by atoms with Gasteiger partial charge in [0.25, 0.3) is 5.89 Å². The van der Waals surface area contributed by atoms with Crippen LogP contribution in [-0.4, -0.2) is 18.6 Å². The molecule has 0 atom stereocenters. The van der Waals surface area contributed by atoms with Crippen LogP contribution < -0.4 is 0 Å². The second-order valence-corrected chi connectivity index (χ2v) is 9.45. The third-order valence-corrected chi connectivity index (χ3v) is 6.30. The fourth-order valence-corrected chi connectivity index (χ4v) is 4.97. The van der Waals surface area contributed by atoms with Crippen molar-refractivity contribution < 1.29 is 12.9 Å². The molecule has 3 heterocycles. The molecule has 3 aromatic rings. The Morgan fingerprint density at radius 2 is 2.14 bits per heavy atom. The summed E-state index contributed by atoms with van der Waals surface area (Å²) in [7, 11) is -3.33. The van der Waals surface area contributed by atoms with Crippen LogP contribution >= 0.6 is 38.6 Å². The van der Waals surface area contributed by atoms with Crippen LogP contribution in [0, 0.1) is 0 Å². The van der Waals surface area contributed by atoms with Gasteiger partial charge in [0.05, 0.1) is 15.1 Å². The number of sulfone groups is 1. The van der Waals surface area contributed by atoms with Gasteiger partial charge < -0.3 is 4.52 Å². The predicted molar refractivity (Wildman–Crippen MR) is 86.0 cm³/mol. The van der Waals surface area contributed by atoms with Crippen molar-refractivity contribution in [2.24, 2.45) is 0 Å². The number of hydrogen-bond acceptors (Lipinski definition) is 7. The van der Waals surface area contributed by atoms with E-state index in [9.17, 15) is 8.42 Å². The van der Waals surface area contributed by atoms with E-state index >= 15 is 0 Å². The monoisotopic (exact) mass is 404 g/mol. The number of hydrogen-bond donors (Lipinski definition) is 0. The van der Waals surface area contributed by atoms with Gasteiger partial charge in [0.1, 0.15) is 5.75 Å². The summed E-state index contributed by atoms with van der Waals surface area (Å²) in [5.74, 6) is 0.274. The molecule has 3 aromatic heterocycles. The van der Waals surface area contributed by atoms with Crippen molar-refractivity contribution in [3.8, 4) is 11.5 Å². The van der Waals surface area contributed by atoms with E-state index in [1.165, 1.54) is 22.7 Å². The minimum atomic E-state index is -3.33. The van der Waals surface area contributed by atoms with Gasteiger partial charge in [-0.05, 0) is 44.4 Å². The van der Waals surface area contributed by atoms with E-state index in [1.54, 1.807) is 6.07 Å². The molecular weight excluding hydrogens is 396 g/mol. The van der Waals surface area contributed by atoms with Gasteiger partial charge >= 0.3 is 0 Å². The van der Waals surface area contributed by atoms with E-state index in [-0.39, 0.29) is 17.3 Å². The molecule has 0 N–H and O–H groups in total. The second-order valence-electron chi connectivity index (χ2n) is 4.32. The lowest BCUT2D eigenvalue weighted by atomic mass is 10.3. The molecule has 0 fully saturated rings. The van der Waals surface area contributed by atoms with Crippen LogP contribution in [0.1, 0.15) is 11.4 Å². The minimum absolute atomic E-state index is 0.0303. The van der Waals surface area contributed by atoms with Gasteiger partial charge in [-0.1, -0.05) is 5.16 Å². The molecule has 21 heavy (non-hydrogen) atoms. The van der Waals surface area contributed by atoms with E-state index in [1.807, 2.05) is 22.2 Å². The Kier molecular flexibility index (Phi) is 4.25. The molecule has 0 radical (unpaired) electrons. The molecule has 3 rings (SSSR count). The maximum atomic E-state index is 12.1. The molecule has 0 aliphatic carbocycles. The molecule has 0 aromatic carbocycles. The summed E-state index contributed by atoms with van der Waals surface area (Å²) in [4.78, 5) is 4.13. The molecule has 0 unspecified atom stereocenters. The Hall–Kier alpha value is -1.03. The summed E-state index contributed by atoms with van der Waals surface area (Å²) < 4.78 is 30.3. The first-order valence-corrected chi connectivity index (χ1v) is 10.2. The van der Waals surface area contributed by atoms with Gasteiger partial charge in [0, 0.05) is 5.38 Å². The molecule has 9 heteroatoms. The van der Waals surface area contributed by atoms with Crippen molar-refractivity contribution in [2.45, 2.75) is 11.5 Å². The van der Waals surface area contributed by atoms with E-state index in [0.717, 1.165) is 14.9 Å². The first-order chi connectivity index (χ1) is 10.0. The molecule has 0 saturated carbocycles. The van der Waals surface area contributed by atoms with E-state index in [4.69, 9.17) is 4.52 Å². The first kappa shape index (κ1) is 14.9. The number of halogens is 1. The average molecular weight is 405 g/mol. The Balaban J connectivity index is 1.73. The highest BCUT2D eigenvalue weighted by molar-refractivity contribution is 9.11. The van der Waals surface area contributed by atoms with Gasteiger partial charge in [-0.2, -0.15) is 16.3 Å². The van der Waals surface area contributed by atoms with E-state index in [0.29, 0.717) is 5.89 Å². The second kappa shape index (κ2) is 5.99. The standard InChI is InChI=1S/C12H9BrN2O3S3/c13-10-3-8(4-20-10)6-21(16,17)7-11-14-12(18-15-11)9-1-2-19-5-9/h1-5H,6-7H2. The molecule has 0 saturated heterocycles. The van der Waals surface area contributed by atoms with Crippen LogP contribution in [0.2, 0.25) is 0 Å². The number of rotatable bonds is 5. The summed E-state index contributed by atoms with van der Waals surface area (Å²) in [6.45, 7) is 0. The Labute approximate surface area is 137 Å². The SMILES string of the molecule is O=S(=O)(Cc1csc(Br)c1)Cc1noc(-c2ccsc2)n1. The Bertz CT molecular complexity index is 837. The molecule has 5 nitrogen and oxygen atoms in total. The van der Waals surface area contributed by atoms with Gasteiger partial charge in [-0.3, -0.25) is 0 Å². The lowest BCUT2D eigenvalue weighted by Gasteiger charge is -1.98. The third-order valence-electron chi connectivity index (χ3n) is 2.59. The van der Waals surface area contributed by atoms with Crippen LogP contribution in [0.3, 0.4) is 0 Å². The molecule has 0 spiro atoms. The highest BCUT2D eigenvalue weighted by Crippen LogP contribution is 2.24. The Morgan fingerprint density at radius 3 is 2.81 bits per heavy atom. The van der Waals surface area contributed by atoms with Crippen molar-refractivity contribution in [3.05, 3.63) is 43.4 Å². The van der Waals surface area contributed by atoms with Crippen molar-refractivity contribution in [1.82, 2.24) is 10.1 Å². The van der Waals surface area contributed by atoms with Crippen LogP contribution in [0.5, 0.6) is 0 Å². The zero-order chi connectivity index (χ0) is 14.9. The van der Waals surface area contributed by atoms with Gasteiger partial charge in [0.2, 0.25) is 0 Å². The average Bonchev–Trinajstić information content (AvgIpc) is 3.09. The normalized spacial score (nSPS) is 11.9. The van der Waals surface area contributed by atoms with Crippen molar-refractivity contribution >= 4 is 48.4 Å². The maximum absolute atomic E-state index is 12.1. The smallest absolute Gasteiger partial charge is 0.258 e. The largest absolute Gasteiger partial charge is 0.334 e. The van der Waals surface area contributed by atoms with Crippen LogP contribution in [0.4, 0.5) is 0 Å². The van der Waals surface area contributed by atoms with Gasteiger partial charge in [0.15, 0.2) is 15.7 Å². The summed E-state index contributed by atoms with van der Waals surface area (Å²) >= 11 is 6.29. The topological polar surface area (TPSA) is 73.1 Å². The summed E-state index contributed by atoms with van der Waals surface area (Å²) in [6, 6.07) is 3.65. The molecule has 0 amide bonds. The molecule has 0 aliphatic heterocycles. The molecule has 0 aliphatic rings. The summed E-state index contributed by atoms with van der Waals surface area (Å²) in [5.41, 5.74) is 1.56. The number of aromatic nitrogens is 2. The van der Waals surface area contributed by atoms with Crippen molar-refractivity contribution in [3.63, 3.8) is 0 Å². The first-order valence-electron chi connectivity index (χ1n) is 5.80. The highest BCUT2D eigenvalue weighted by Gasteiger charge is 2.19. The quantitative estimate of drug-likeness (QED) is 0.647. The van der Waals surface area contributed by atoms with E-state index in [2.05, 4.69) is 26.1 Å². The van der Waals surface area contributed by atoms with Crippen LogP contribution in [0.15, 0.2) is 36.6 Å². The Morgan fingerprint density at radius 1 is 1.29 bits per heavy atom. The van der Waals surface area contributed by atoms with Gasteiger partial charge in [-0.15, -0.1) is 11.3 Å². The zero-order valence-electron chi connectivity index (χ0n) is 10.5. The molecule has 0 bridgehead atoms. The van der Waals surface area contributed by atoms with Crippen molar-refractivity contribution in [1.29, 1.82) is 0 Å². The minimum Gasteiger partial charge on any atom is -0.334 e. The highest BCUT2D eigenvalue weighted by atomic mass is 79.9. The number of thiophene rings is 2. The lowest BCUT2D eigenvalue weighted by Crippen LogP contribution is -2.08. The van der Waals surface area contributed by atoms with Crippen molar-refractivity contribution in [2.75, 3.05) is 0 Å².